The van der Waals surface area contributed by atoms with E-state index in [1.165, 1.54) is 12.1 Å². The SMILES string of the molecule is CCN(Cc1ccc2c(c1)OCO2)C(=O)CCCNc1ccc([N+](=O)[O-])cc1. The van der Waals surface area contributed by atoms with E-state index in [0.29, 0.717) is 38.2 Å². The van der Waals surface area contributed by atoms with Crippen molar-refractivity contribution in [2.75, 3.05) is 25.2 Å². The molecule has 0 bridgehead atoms. The molecule has 28 heavy (non-hydrogen) atoms. The monoisotopic (exact) mass is 385 g/mol. The summed E-state index contributed by atoms with van der Waals surface area (Å²) in [4.78, 5) is 24.5. The van der Waals surface area contributed by atoms with Crippen LogP contribution < -0.4 is 14.8 Å². The first-order valence-electron chi connectivity index (χ1n) is 9.21. The predicted molar refractivity (Wildman–Crippen MR) is 104 cm³/mol. The quantitative estimate of drug-likeness (QED) is 0.403. The number of non-ortho nitro benzene ring substituents is 1. The zero-order valence-corrected chi connectivity index (χ0v) is 15.7. The van der Waals surface area contributed by atoms with Crippen molar-refractivity contribution >= 4 is 17.3 Å². The summed E-state index contributed by atoms with van der Waals surface area (Å²) in [6.07, 6.45) is 1.10. The molecule has 0 atom stereocenters. The van der Waals surface area contributed by atoms with Crippen LogP contribution in [-0.2, 0) is 11.3 Å². The number of benzene rings is 2. The number of hydrogen-bond acceptors (Lipinski definition) is 6. The van der Waals surface area contributed by atoms with Crippen molar-refractivity contribution in [3.63, 3.8) is 0 Å². The van der Waals surface area contributed by atoms with Crippen LogP contribution in [0.4, 0.5) is 11.4 Å². The van der Waals surface area contributed by atoms with Gasteiger partial charge in [0.1, 0.15) is 0 Å². The third-order valence-corrected chi connectivity index (χ3v) is 4.52. The molecule has 0 saturated heterocycles. The topological polar surface area (TPSA) is 93.9 Å². The first-order chi connectivity index (χ1) is 13.6. The summed E-state index contributed by atoms with van der Waals surface area (Å²) in [7, 11) is 0. The Labute approximate surface area is 163 Å². The highest BCUT2D eigenvalue weighted by Gasteiger charge is 2.16. The number of nitrogens with zero attached hydrogens (tertiary/aromatic N) is 2. The minimum absolute atomic E-state index is 0.0582. The Balaban J connectivity index is 1.44. The van der Waals surface area contributed by atoms with Gasteiger partial charge in [-0.2, -0.15) is 0 Å². The van der Waals surface area contributed by atoms with Gasteiger partial charge in [-0.3, -0.25) is 14.9 Å². The van der Waals surface area contributed by atoms with Gasteiger partial charge in [0.05, 0.1) is 4.92 Å². The fourth-order valence-corrected chi connectivity index (χ4v) is 2.97. The lowest BCUT2D eigenvalue weighted by atomic mass is 10.1. The van der Waals surface area contributed by atoms with E-state index in [0.717, 1.165) is 17.0 Å². The van der Waals surface area contributed by atoms with Gasteiger partial charge >= 0.3 is 0 Å². The van der Waals surface area contributed by atoms with E-state index in [2.05, 4.69) is 5.32 Å². The van der Waals surface area contributed by atoms with Crippen LogP contribution in [-0.4, -0.2) is 35.6 Å². The molecule has 1 N–H and O–H groups in total. The second-order valence-corrected chi connectivity index (χ2v) is 6.43. The maximum absolute atomic E-state index is 12.5. The Morgan fingerprint density at radius 3 is 2.64 bits per heavy atom. The van der Waals surface area contributed by atoms with E-state index < -0.39 is 4.92 Å². The Hall–Kier alpha value is -3.29. The number of hydrogen-bond donors (Lipinski definition) is 1. The van der Waals surface area contributed by atoms with Crippen molar-refractivity contribution in [2.24, 2.45) is 0 Å². The van der Waals surface area contributed by atoms with Crippen LogP contribution in [0.5, 0.6) is 11.5 Å². The fourth-order valence-electron chi connectivity index (χ4n) is 2.97. The number of carbonyl (C=O) groups is 1. The summed E-state index contributed by atoms with van der Waals surface area (Å²) in [6, 6.07) is 12.0. The zero-order valence-electron chi connectivity index (χ0n) is 15.7. The molecule has 1 amide bonds. The first kappa shape index (κ1) is 19.5. The molecule has 2 aromatic carbocycles. The molecule has 0 spiro atoms. The maximum Gasteiger partial charge on any atom is 0.269 e. The molecule has 0 unspecified atom stereocenters. The molecule has 3 rings (SSSR count). The van der Waals surface area contributed by atoms with Gasteiger partial charge in [0, 0.05) is 43.9 Å². The molecule has 1 heterocycles. The van der Waals surface area contributed by atoms with Gasteiger partial charge in [0.25, 0.3) is 5.69 Å². The van der Waals surface area contributed by atoms with Gasteiger partial charge in [-0.15, -0.1) is 0 Å². The molecule has 0 fully saturated rings. The van der Waals surface area contributed by atoms with Crippen molar-refractivity contribution in [1.82, 2.24) is 4.90 Å². The highest BCUT2D eigenvalue weighted by molar-refractivity contribution is 5.76. The second-order valence-electron chi connectivity index (χ2n) is 6.43. The van der Waals surface area contributed by atoms with Crippen molar-refractivity contribution in [3.8, 4) is 11.5 Å². The number of nitrogens with one attached hydrogen (secondary N) is 1. The number of nitro benzene ring substituents is 1. The minimum atomic E-state index is -0.429. The van der Waals surface area contributed by atoms with E-state index in [4.69, 9.17) is 9.47 Å². The predicted octanol–water partition coefficient (Wildman–Crippen LogP) is 3.56. The van der Waals surface area contributed by atoms with Gasteiger partial charge in [0.15, 0.2) is 11.5 Å². The molecule has 0 radical (unpaired) electrons. The summed E-state index contributed by atoms with van der Waals surface area (Å²) in [5.74, 6) is 1.54. The Kier molecular flexibility index (Phi) is 6.31. The summed E-state index contributed by atoms with van der Waals surface area (Å²) in [5.41, 5.74) is 1.86. The van der Waals surface area contributed by atoms with Crippen LogP contribution in [0.1, 0.15) is 25.3 Å². The average molecular weight is 385 g/mol. The lowest BCUT2D eigenvalue weighted by molar-refractivity contribution is -0.384. The molecule has 0 aromatic heterocycles. The second kappa shape index (κ2) is 9.07. The van der Waals surface area contributed by atoms with E-state index in [-0.39, 0.29) is 18.4 Å². The van der Waals surface area contributed by atoms with Gasteiger partial charge in [-0.25, -0.2) is 0 Å². The smallest absolute Gasteiger partial charge is 0.269 e. The number of fused-ring (bicyclic) bond motifs is 1. The average Bonchev–Trinajstić information content (AvgIpc) is 3.17. The standard InChI is InChI=1S/C20H23N3O5/c1-2-22(13-15-5-10-18-19(12-15)28-14-27-18)20(24)4-3-11-21-16-6-8-17(9-7-16)23(25)26/h5-10,12,21H,2-4,11,13-14H2,1H3. The Morgan fingerprint density at radius 2 is 1.93 bits per heavy atom. The molecule has 148 valence electrons. The van der Waals surface area contributed by atoms with E-state index in [1.807, 2.05) is 30.0 Å². The Morgan fingerprint density at radius 1 is 1.18 bits per heavy atom. The fraction of sp³-hybridized carbons (Fsp3) is 0.350. The summed E-state index contributed by atoms with van der Waals surface area (Å²) in [5, 5.41) is 13.8. The van der Waals surface area contributed by atoms with Crippen LogP contribution in [0.15, 0.2) is 42.5 Å². The molecule has 8 heteroatoms. The number of carbonyl (C=O) groups excluding carboxylic acids is 1. The summed E-state index contributed by atoms with van der Waals surface area (Å²) < 4.78 is 10.7. The van der Waals surface area contributed by atoms with E-state index in [9.17, 15) is 14.9 Å². The van der Waals surface area contributed by atoms with Crippen molar-refractivity contribution < 1.29 is 19.2 Å². The lowest BCUT2D eigenvalue weighted by Gasteiger charge is -2.21. The van der Waals surface area contributed by atoms with E-state index >= 15 is 0 Å². The third-order valence-electron chi connectivity index (χ3n) is 4.52. The molecular weight excluding hydrogens is 362 g/mol. The number of ether oxygens (including phenoxy) is 2. The Bertz CT molecular complexity index is 838. The van der Waals surface area contributed by atoms with Gasteiger partial charge in [-0.05, 0) is 43.2 Å². The highest BCUT2D eigenvalue weighted by atomic mass is 16.7. The molecule has 8 nitrogen and oxygen atoms in total. The minimum Gasteiger partial charge on any atom is -0.454 e. The normalized spacial score (nSPS) is 11.9. The van der Waals surface area contributed by atoms with Crippen LogP contribution >= 0.6 is 0 Å². The molecule has 2 aromatic rings. The van der Waals surface area contributed by atoms with Crippen molar-refractivity contribution in [3.05, 3.63) is 58.1 Å². The number of anilines is 1. The highest BCUT2D eigenvalue weighted by Crippen LogP contribution is 2.32. The number of amides is 1. The zero-order chi connectivity index (χ0) is 19.9. The first-order valence-corrected chi connectivity index (χ1v) is 9.21. The van der Waals surface area contributed by atoms with Crippen molar-refractivity contribution in [2.45, 2.75) is 26.3 Å². The van der Waals surface area contributed by atoms with Crippen LogP contribution in [0, 0.1) is 10.1 Å². The largest absolute Gasteiger partial charge is 0.454 e. The van der Waals surface area contributed by atoms with Gasteiger partial charge < -0.3 is 19.7 Å². The van der Waals surface area contributed by atoms with Crippen LogP contribution in [0.2, 0.25) is 0 Å². The van der Waals surface area contributed by atoms with Crippen LogP contribution in [0.3, 0.4) is 0 Å². The molecular formula is C20H23N3O5. The van der Waals surface area contributed by atoms with Crippen molar-refractivity contribution in [1.29, 1.82) is 0 Å². The molecule has 1 aliphatic rings. The third kappa shape index (κ3) is 4.91. The summed E-state index contributed by atoms with van der Waals surface area (Å²) in [6.45, 7) is 3.97. The van der Waals surface area contributed by atoms with E-state index in [1.54, 1.807) is 12.1 Å². The summed E-state index contributed by atoms with van der Waals surface area (Å²) >= 11 is 0. The lowest BCUT2D eigenvalue weighted by Crippen LogP contribution is -2.30. The molecule has 0 saturated carbocycles. The maximum atomic E-state index is 12.5. The van der Waals surface area contributed by atoms with Gasteiger partial charge in [0.2, 0.25) is 12.7 Å². The number of nitro groups is 1. The number of rotatable bonds is 9. The molecule has 1 aliphatic heterocycles. The molecule has 0 aliphatic carbocycles. The van der Waals surface area contributed by atoms with Gasteiger partial charge in [-0.1, -0.05) is 6.07 Å². The van der Waals surface area contributed by atoms with Crippen LogP contribution in [0.25, 0.3) is 0 Å².